The van der Waals surface area contributed by atoms with Gasteiger partial charge >= 0.3 is 0 Å². The molecule has 0 bridgehead atoms. The van der Waals surface area contributed by atoms with Gasteiger partial charge in [-0.05, 0) is 57.9 Å². The Morgan fingerprint density at radius 3 is 2.57 bits per heavy atom. The Kier molecular flexibility index (Phi) is 11.5. The van der Waals surface area contributed by atoms with Crippen LogP contribution in [0.4, 0.5) is 0 Å². The van der Waals surface area contributed by atoms with Crippen molar-refractivity contribution in [3.05, 3.63) is 30.2 Å². The molecule has 1 aromatic heterocycles. The molecule has 2 N–H and O–H groups in total. The van der Waals surface area contributed by atoms with Crippen molar-refractivity contribution >= 4 is 29.9 Å². The van der Waals surface area contributed by atoms with E-state index in [1.54, 1.807) is 7.11 Å². The van der Waals surface area contributed by atoms with Gasteiger partial charge in [0.15, 0.2) is 5.96 Å². The molecule has 0 saturated carbocycles. The number of benzene rings is 1. The Balaban J connectivity index is 0.00000392. The van der Waals surface area contributed by atoms with Crippen molar-refractivity contribution in [1.29, 1.82) is 0 Å². The van der Waals surface area contributed by atoms with E-state index in [0.717, 1.165) is 56.0 Å². The van der Waals surface area contributed by atoms with E-state index in [0.29, 0.717) is 17.8 Å². The van der Waals surface area contributed by atoms with Gasteiger partial charge in [-0.1, -0.05) is 11.6 Å². The molecule has 0 aliphatic rings. The van der Waals surface area contributed by atoms with Crippen LogP contribution in [0.2, 0.25) is 0 Å². The molecule has 0 spiro atoms. The van der Waals surface area contributed by atoms with Crippen LogP contribution in [0, 0.1) is 0 Å². The second-order valence-corrected chi connectivity index (χ2v) is 6.61. The lowest BCUT2D eigenvalue weighted by atomic mass is 10.2. The topological polar surface area (TPSA) is 84.6 Å². The van der Waals surface area contributed by atoms with Crippen LogP contribution in [0.25, 0.3) is 11.4 Å². The minimum atomic E-state index is 0. The summed E-state index contributed by atoms with van der Waals surface area (Å²) in [7, 11) is 1.65. The maximum Gasteiger partial charge on any atom is 0.226 e. The van der Waals surface area contributed by atoms with Crippen molar-refractivity contribution in [3.63, 3.8) is 0 Å². The van der Waals surface area contributed by atoms with E-state index in [9.17, 15) is 0 Å². The zero-order valence-electron chi connectivity index (χ0n) is 17.2. The number of unbranched alkanes of at least 4 members (excludes halogenated alkanes) is 2. The summed E-state index contributed by atoms with van der Waals surface area (Å²) in [5, 5.41) is 10.6. The van der Waals surface area contributed by atoms with E-state index >= 15 is 0 Å². The second kappa shape index (κ2) is 13.4. The maximum absolute atomic E-state index is 5.36. The van der Waals surface area contributed by atoms with Crippen molar-refractivity contribution in [1.82, 2.24) is 20.8 Å². The van der Waals surface area contributed by atoms with Crippen LogP contribution < -0.4 is 15.4 Å². The summed E-state index contributed by atoms with van der Waals surface area (Å²) < 4.78 is 10.5. The molecule has 0 amide bonds. The molecule has 0 aliphatic heterocycles. The van der Waals surface area contributed by atoms with E-state index in [1.807, 2.05) is 24.3 Å². The number of nitrogens with zero attached hydrogens (tertiary/aromatic N) is 3. The summed E-state index contributed by atoms with van der Waals surface area (Å²) in [6, 6.07) is 8.01. The lowest BCUT2D eigenvalue weighted by Gasteiger charge is -2.13. The molecule has 0 fully saturated rings. The first-order valence-corrected chi connectivity index (χ1v) is 9.64. The molecule has 0 unspecified atom stereocenters. The molecule has 0 atom stereocenters. The third-order valence-electron chi connectivity index (χ3n) is 3.90. The molecule has 28 heavy (non-hydrogen) atoms. The molecule has 8 heteroatoms. The summed E-state index contributed by atoms with van der Waals surface area (Å²) in [4.78, 5) is 9.06. The highest BCUT2D eigenvalue weighted by Crippen LogP contribution is 2.20. The lowest BCUT2D eigenvalue weighted by molar-refractivity contribution is 0.374. The molecule has 1 heterocycles. The summed E-state index contributed by atoms with van der Waals surface area (Å²) in [6.45, 7) is 7.96. The third kappa shape index (κ3) is 8.45. The van der Waals surface area contributed by atoms with Gasteiger partial charge in [-0.2, -0.15) is 4.98 Å². The van der Waals surface area contributed by atoms with Crippen molar-refractivity contribution in [2.24, 2.45) is 4.99 Å². The number of ether oxygens (including phenoxy) is 1. The molecule has 0 aliphatic carbocycles. The van der Waals surface area contributed by atoms with Gasteiger partial charge in [-0.3, -0.25) is 4.99 Å². The maximum atomic E-state index is 5.36. The Bertz CT molecular complexity index is 701. The average Bonchev–Trinajstić information content (AvgIpc) is 3.13. The normalized spacial score (nSPS) is 11.2. The van der Waals surface area contributed by atoms with Crippen molar-refractivity contribution < 1.29 is 9.26 Å². The molecular weight excluding hydrogens is 469 g/mol. The van der Waals surface area contributed by atoms with Gasteiger partial charge in [0.2, 0.25) is 11.7 Å². The molecule has 1 aromatic carbocycles. The molecular formula is C20H32IN5O2. The van der Waals surface area contributed by atoms with Crippen LogP contribution >= 0.6 is 24.0 Å². The second-order valence-electron chi connectivity index (χ2n) is 6.61. The van der Waals surface area contributed by atoms with Crippen LogP contribution in [0.1, 0.15) is 45.9 Å². The largest absolute Gasteiger partial charge is 0.497 e. The Labute approximate surface area is 184 Å². The quantitative estimate of drug-likeness (QED) is 0.221. The molecule has 156 valence electrons. The minimum Gasteiger partial charge on any atom is -0.497 e. The zero-order chi connectivity index (χ0) is 19.5. The van der Waals surface area contributed by atoms with Crippen molar-refractivity contribution in [3.8, 4) is 17.1 Å². The molecule has 7 nitrogen and oxygen atoms in total. The van der Waals surface area contributed by atoms with Gasteiger partial charge in [0, 0.05) is 31.1 Å². The molecule has 0 saturated heterocycles. The number of guanidine groups is 1. The Morgan fingerprint density at radius 1 is 1.18 bits per heavy atom. The zero-order valence-corrected chi connectivity index (χ0v) is 19.5. The third-order valence-corrected chi connectivity index (χ3v) is 3.90. The van der Waals surface area contributed by atoms with E-state index in [-0.39, 0.29) is 24.0 Å². The average molecular weight is 501 g/mol. The van der Waals surface area contributed by atoms with Crippen LogP contribution in [0.15, 0.2) is 33.8 Å². The number of hydrogen-bond acceptors (Lipinski definition) is 5. The lowest BCUT2D eigenvalue weighted by Crippen LogP contribution is -2.41. The number of halogens is 1. The monoisotopic (exact) mass is 501 g/mol. The molecule has 0 radical (unpaired) electrons. The highest BCUT2D eigenvalue weighted by atomic mass is 127. The predicted octanol–water partition coefficient (Wildman–Crippen LogP) is 4.04. The number of aromatic nitrogens is 2. The van der Waals surface area contributed by atoms with E-state index < -0.39 is 0 Å². The summed E-state index contributed by atoms with van der Waals surface area (Å²) in [5.41, 5.74) is 0.925. The number of methoxy groups -OCH3 is 1. The van der Waals surface area contributed by atoms with Crippen LogP contribution in [0.5, 0.6) is 5.75 Å². The van der Waals surface area contributed by atoms with Gasteiger partial charge < -0.3 is 19.9 Å². The number of aryl methyl sites for hydroxylation is 1. The number of nitrogens with one attached hydrogen (secondary N) is 2. The summed E-state index contributed by atoms with van der Waals surface area (Å²) in [6.07, 6.45) is 3.91. The highest BCUT2D eigenvalue weighted by molar-refractivity contribution is 14.0. The Hall–Kier alpha value is -1.84. The highest BCUT2D eigenvalue weighted by Gasteiger charge is 2.08. The fourth-order valence-electron chi connectivity index (χ4n) is 2.56. The number of aliphatic imine (C=N–C) groups is 1. The van der Waals surface area contributed by atoms with Crippen LogP contribution in [0.3, 0.4) is 0 Å². The van der Waals surface area contributed by atoms with Gasteiger partial charge in [0.05, 0.1) is 7.11 Å². The van der Waals surface area contributed by atoms with Crippen LogP contribution in [-0.4, -0.2) is 42.3 Å². The van der Waals surface area contributed by atoms with Gasteiger partial charge in [-0.25, -0.2) is 0 Å². The van der Waals surface area contributed by atoms with Crippen molar-refractivity contribution in [2.75, 3.05) is 20.2 Å². The SMILES string of the molecule is CCNC(=NCCCCCc1nc(-c2ccc(OC)cc2)no1)NC(C)C.I. The van der Waals surface area contributed by atoms with Gasteiger partial charge in [0.1, 0.15) is 5.75 Å². The van der Waals surface area contributed by atoms with Gasteiger partial charge in [-0.15, -0.1) is 24.0 Å². The number of hydrogen-bond donors (Lipinski definition) is 2. The fourth-order valence-corrected chi connectivity index (χ4v) is 2.56. The molecule has 2 aromatic rings. The molecule has 2 rings (SSSR count). The fraction of sp³-hybridized carbons (Fsp3) is 0.550. The summed E-state index contributed by atoms with van der Waals surface area (Å²) >= 11 is 0. The first kappa shape index (κ1) is 24.2. The minimum absolute atomic E-state index is 0. The standard InChI is InChI=1S/C20H31N5O2.HI/c1-5-21-20(23-15(2)3)22-14-8-6-7-9-18-24-19(25-27-18)16-10-12-17(26-4)13-11-16;/h10-13,15H,5-9,14H2,1-4H3,(H2,21,22,23);1H. The first-order valence-electron chi connectivity index (χ1n) is 9.64. The number of rotatable bonds is 10. The van der Waals surface area contributed by atoms with E-state index in [1.165, 1.54) is 0 Å². The first-order chi connectivity index (χ1) is 13.1. The van der Waals surface area contributed by atoms with E-state index in [4.69, 9.17) is 9.26 Å². The summed E-state index contributed by atoms with van der Waals surface area (Å²) in [5.74, 6) is 2.99. The van der Waals surface area contributed by atoms with Gasteiger partial charge in [0.25, 0.3) is 0 Å². The smallest absolute Gasteiger partial charge is 0.226 e. The Morgan fingerprint density at radius 2 is 1.93 bits per heavy atom. The van der Waals surface area contributed by atoms with Crippen molar-refractivity contribution in [2.45, 2.75) is 52.5 Å². The van der Waals surface area contributed by atoms with E-state index in [2.05, 4.69) is 46.5 Å². The van der Waals surface area contributed by atoms with Crippen LogP contribution in [-0.2, 0) is 6.42 Å². The predicted molar refractivity (Wildman–Crippen MR) is 124 cm³/mol.